The van der Waals surface area contributed by atoms with Gasteiger partial charge in [0.25, 0.3) is 5.91 Å². The van der Waals surface area contributed by atoms with Crippen molar-refractivity contribution in [1.29, 1.82) is 0 Å². The normalized spacial score (nSPS) is 16.9. The average Bonchev–Trinajstić information content (AvgIpc) is 3.06. The standard InChI is InChI=1S/C29H31F2N5O2/c1-18-4-5-22(10-19(18)2)16-34-28(38)33-15-20-6-8-21(9-7-20)17-36-26(37)29(3,35-27(36)32)14-23-11-24(30)13-25(31)12-23/h4-13H,14-17H2,1-3H3,(H2,32,35)(H2,33,34,38)/t29-/m1/s1. The number of hydrogen-bond donors (Lipinski definition) is 3. The SMILES string of the molecule is Cc1ccc(CNC(=O)NCc2ccc(CN3C(=O)[C@@](C)(Cc4cc(F)cc(F)c4)N=C3N)cc2)cc1C. The number of carbonyl (C=O) groups excluding carboxylic acids is 2. The molecule has 4 rings (SSSR count). The van der Waals surface area contributed by atoms with Crippen molar-refractivity contribution in [1.82, 2.24) is 15.5 Å². The number of nitrogens with zero attached hydrogens (tertiary/aromatic N) is 2. The van der Waals surface area contributed by atoms with Crippen LogP contribution in [0.5, 0.6) is 0 Å². The lowest BCUT2D eigenvalue weighted by atomic mass is 9.92. The monoisotopic (exact) mass is 519 g/mol. The number of carbonyl (C=O) groups is 2. The first-order valence-corrected chi connectivity index (χ1v) is 12.3. The maximum absolute atomic E-state index is 13.6. The van der Waals surface area contributed by atoms with Crippen LogP contribution < -0.4 is 16.4 Å². The van der Waals surface area contributed by atoms with E-state index >= 15 is 0 Å². The van der Waals surface area contributed by atoms with E-state index in [1.807, 2.05) is 50.2 Å². The Hall–Kier alpha value is -4.27. The van der Waals surface area contributed by atoms with Gasteiger partial charge in [0.05, 0.1) is 6.54 Å². The number of nitrogens with one attached hydrogen (secondary N) is 2. The van der Waals surface area contributed by atoms with Gasteiger partial charge in [0.2, 0.25) is 0 Å². The summed E-state index contributed by atoms with van der Waals surface area (Å²) in [6, 6.07) is 16.4. The fraction of sp³-hybridized carbons (Fsp3) is 0.276. The zero-order valence-electron chi connectivity index (χ0n) is 21.6. The van der Waals surface area contributed by atoms with E-state index in [1.165, 1.54) is 28.2 Å². The van der Waals surface area contributed by atoms with E-state index < -0.39 is 17.2 Å². The van der Waals surface area contributed by atoms with Gasteiger partial charge in [-0.05, 0) is 66.3 Å². The molecular weight excluding hydrogens is 488 g/mol. The highest BCUT2D eigenvalue weighted by Gasteiger charge is 2.44. The molecule has 1 aliphatic rings. The van der Waals surface area contributed by atoms with Crippen molar-refractivity contribution in [3.63, 3.8) is 0 Å². The second kappa shape index (κ2) is 11.0. The van der Waals surface area contributed by atoms with Crippen LogP contribution in [0.15, 0.2) is 65.7 Å². The molecule has 3 amide bonds. The molecule has 3 aromatic carbocycles. The summed E-state index contributed by atoms with van der Waals surface area (Å²) in [5.74, 6) is -1.71. The predicted octanol–water partition coefficient (Wildman–Crippen LogP) is 4.24. The van der Waals surface area contributed by atoms with Crippen LogP contribution in [-0.2, 0) is 30.8 Å². The highest BCUT2D eigenvalue weighted by molar-refractivity contribution is 6.06. The molecule has 0 saturated heterocycles. The number of halogens is 2. The molecule has 9 heteroatoms. The molecule has 0 saturated carbocycles. The molecule has 1 aliphatic heterocycles. The minimum Gasteiger partial charge on any atom is -0.369 e. The fourth-order valence-electron chi connectivity index (χ4n) is 4.42. The molecule has 7 nitrogen and oxygen atoms in total. The molecule has 0 fully saturated rings. The van der Waals surface area contributed by atoms with Crippen LogP contribution >= 0.6 is 0 Å². The molecule has 0 radical (unpaired) electrons. The second-order valence-corrected chi connectivity index (χ2v) is 9.86. The van der Waals surface area contributed by atoms with Gasteiger partial charge in [-0.15, -0.1) is 0 Å². The Kier molecular flexibility index (Phi) is 7.75. The minimum atomic E-state index is -1.25. The minimum absolute atomic E-state index is 0.0217. The molecule has 198 valence electrons. The second-order valence-electron chi connectivity index (χ2n) is 9.86. The molecular formula is C29H31F2N5O2. The van der Waals surface area contributed by atoms with E-state index in [0.717, 1.165) is 22.8 Å². The highest BCUT2D eigenvalue weighted by Crippen LogP contribution is 2.28. The van der Waals surface area contributed by atoms with Gasteiger partial charge in [0, 0.05) is 25.6 Å². The summed E-state index contributed by atoms with van der Waals surface area (Å²) in [6.07, 6.45) is 0.0217. The van der Waals surface area contributed by atoms with Crippen LogP contribution in [0, 0.1) is 25.5 Å². The summed E-state index contributed by atoms with van der Waals surface area (Å²) < 4.78 is 27.2. The summed E-state index contributed by atoms with van der Waals surface area (Å²) in [4.78, 5) is 31.0. The number of hydrogen-bond acceptors (Lipinski definition) is 4. The topological polar surface area (TPSA) is 99.8 Å². The smallest absolute Gasteiger partial charge is 0.315 e. The zero-order valence-corrected chi connectivity index (χ0v) is 21.6. The maximum Gasteiger partial charge on any atom is 0.315 e. The van der Waals surface area contributed by atoms with Gasteiger partial charge in [0.1, 0.15) is 17.2 Å². The van der Waals surface area contributed by atoms with Crippen LogP contribution in [0.25, 0.3) is 0 Å². The van der Waals surface area contributed by atoms with Gasteiger partial charge in [-0.25, -0.2) is 18.6 Å². The first-order valence-electron chi connectivity index (χ1n) is 12.3. The molecule has 1 atom stereocenters. The molecule has 0 unspecified atom stereocenters. The number of urea groups is 1. The van der Waals surface area contributed by atoms with E-state index in [2.05, 4.69) is 21.7 Å². The molecule has 4 N–H and O–H groups in total. The lowest BCUT2D eigenvalue weighted by Gasteiger charge is -2.22. The number of guanidine groups is 1. The molecule has 0 aromatic heterocycles. The zero-order chi connectivity index (χ0) is 27.4. The van der Waals surface area contributed by atoms with Crippen molar-refractivity contribution in [3.05, 3.63) is 106 Å². The summed E-state index contributed by atoms with van der Waals surface area (Å²) in [7, 11) is 0. The largest absolute Gasteiger partial charge is 0.369 e. The molecule has 1 heterocycles. The number of aliphatic imine (C=N–C) groups is 1. The van der Waals surface area contributed by atoms with Crippen LogP contribution in [0.4, 0.5) is 13.6 Å². The maximum atomic E-state index is 13.6. The van der Waals surface area contributed by atoms with E-state index in [1.54, 1.807) is 6.92 Å². The van der Waals surface area contributed by atoms with Crippen LogP contribution in [0.2, 0.25) is 0 Å². The third kappa shape index (κ3) is 6.34. The Labute approximate surface area is 220 Å². The summed E-state index contributed by atoms with van der Waals surface area (Å²) >= 11 is 0. The van der Waals surface area contributed by atoms with E-state index in [-0.39, 0.29) is 30.9 Å². The summed E-state index contributed by atoms with van der Waals surface area (Å²) in [5, 5.41) is 5.69. The highest BCUT2D eigenvalue weighted by atomic mass is 19.1. The molecule has 0 aliphatic carbocycles. The number of rotatable bonds is 8. The van der Waals surface area contributed by atoms with Gasteiger partial charge in [0.15, 0.2) is 5.96 Å². The summed E-state index contributed by atoms with van der Waals surface area (Å²) in [6.45, 7) is 6.67. The summed E-state index contributed by atoms with van der Waals surface area (Å²) in [5.41, 5.74) is 10.3. The average molecular weight is 520 g/mol. The fourth-order valence-corrected chi connectivity index (χ4v) is 4.42. The quantitative estimate of drug-likeness (QED) is 0.415. The number of aryl methyl sites for hydroxylation is 2. The van der Waals surface area contributed by atoms with Gasteiger partial charge >= 0.3 is 6.03 Å². The van der Waals surface area contributed by atoms with Crippen molar-refractivity contribution in [3.8, 4) is 0 Å². The van der Waals surface area contributed by atoms with Crippen LogP contribution in [0.3, 0.4) is 0 Å². The van der Waals surface area contributed by atoms with Gasteiger partial charge in [-0.1, -0.05) is 42.5 Å². The predicted molar refractivity (Wildman–Crippen MR) is 142 cm³/mol. The Balaban J connectivity index is 1.30. The lowest BCUT2D eigenvalue weighted by Crippen LogP contribution is -2.43. The van der Waals surface area contributed by atoms with Crippen molar-refractivity contribution in [2.45, 2.75) is 52.4 Å². The van der Waals surface area contributed by atoms with Crippen LogP contribution in [-0.4, -0.2) is 28.3 Å². The molecule has 0 spiro atoms. The van der Waals surface area contributed by atoms with Crippen molar-refractivity contribution < 1.29 is 18.4 Å². The third-order valence-corrected chi connectivity index (χ3v) is 6.66. The van der Waals surface area contributed by atoms with Gasteiger partial charge in [-0.3, -0.25) is 9.69 Å². The van der Waals surface area contributed by atoms with Crippen molar-refractivity contribution >= 4 is 17.9 Å². The van der Waals surface area contributed by atoms with Crippen molar-refractivity contribution in [2.24, 2.45) is 10.7 Å². The number of nitrogens with two attached hydrogens (primary N) is 1. The van der Waals surface area contributed by atoms with E-state index in [0.29, 0.717) is 18.7 Å². The number of benzene rings is 3. The lowest BCUT2D eigenvalue weighted by molar-refractivity contribution is -0.131. The molecule has 3 aromatic rings. The number of amides is 3. The Bertz CT molecular complexity index is 1370. The van der Waals surface area contributed by atoms with Crippen molar-refractivity contribution in [2.75, 3.05) is 0 Å². The van der Waals surface area contributed by atoms with E-state index in [9.17, 15) is 18.4 Å². The van der Waals surface area contributed by atoms with Gasteiger partial charge < -0.3 is 16.4 Å². The third-order valence-electron chi connectivity index (χ3n) is 6.66. The van der Waals surface area contributed by atoms with Gasteiger partial charge in [-0.2, -0.15) is 0 Å². The Morgan fingerprint density at radius 2 is 1.45 bits per heavy atom. The first-order chi connectivity index (χ1) is 18.0. The van der Waals surface area contributed by atoms with Crippen LogP contribution in [0.1, 0.15) is 40.3 Å². The Morgan fingerprint density at radius 3 is 2.08 bits per heavy atom. The molecule has 38 heavy (non-hydrogen) atoms. The molecule has 0 bridgehead atoms. The first kappa shape index (κ1) is 26.8. The van der Waals surface area contributed by atoms with E-state index in [4.69, 9.17) is 5.73 Å². The Morgan fingerprint density at radius 1 is 0.868 bits per heavy atom.